The molecule has 0 aromatic heterocycles. The molecule has 1 fully saturated rings. The first-order chi connectivity index (χ1) is 10.9. The van der Waals surface area contributed by atoms with Crippen LogP contribution in [0.2, 0.25) is 0 Å². The van der Waals surface area contributed by atoms with Crippen LogP contribution in [0.15, 0.2) is 29.2 Å². The average Bonchev–Trinajstić information content (AvgIpc) is 3.00. The number of nitrogens with one attached hydrogen (secondary N) is 1. The normalized spacial score (nSPS) is 16.0. The van der Waals surface area contributed by atoms with Crippen LogP contribution in [0.3, 0.4) is 0 Å². The van der Waals surface area contributed by atoms with Crippen LogP contribution < -0.4 is 5.32 Å². The van der Waals surface area contributed by atoms with Gasteiger partial charge in [0.2, 0.25) is 15.9 Å². The Hall–Kier alpha value is -1.05. The molecule has 1 aliphatic carbocycles. The topological polar surface area (TPSA) is 66.5 Å². The van der Waals surface area contributed by atoms with E-state index in [9.17, 15) is 13.2 Å². The highest BCUT2D eigenvalue weighted by molar-refractivity contribution is 7.99. The number of amides is 1. The van der Waals surface area contributed by atoms with Crippen molar-refractivity contribution in [3.8, 4) is 0 Å². The maximum absolute atomic E-state index is 12.1. The molecule has 1 saturated carbocycles. The Morgan fingerprint density at radius 3 is 2.65 bits per heavy atom. The van der Waals surface area contributed by atoms with Crippen molar-refractivity contribution in [2.24, 2.45) is 0 Å². The van der Waals surface area contributed by atoms with Crippen molar-refractivity contribution >= 4 is 27.7 Å². The van der Waals surface area contributed by atoms with Crippen molar-refractivity contribution in [1.29, 1.82) is 0 Å². The Kier molecular flexibility index (Phi) is 6.50. The SMILES string of the molecule is CN(C)S(=O)(=O)c1cccc(CSCC(=O)NC2CCCC2)c1. The third-order valence-corrected chi connectivity index (χ3v) is 6.71. The molecule has 0 unspecified atom stereocenters. The minimum atomic E-state index is -3.41. The molecular formula is C16H24N2O3S2. The van der Waals surface area contributed by atoms with E-state index < -0.39 is 10.0 Å². The summed E-state index contributed by atoms with van der Waals surface area (Å²) in [4.78, 5) is 12.2. The number of rotatable bonds is 7. The molecule has 1 amide bonds. The molecule has 0 aliphatic heterocycles. The zero-order chi connectivity index (χ0) is 16.9. The van der Waals surface area contributed by atoms with Gasteiger partial charge in [-0.2, -0.15) is 0 Å². The molecule has 1 aromatic carbocycles. The van der Waals surface area contributed by atoms with Gasteiger partial charge in [-0.3, -0.25) is 4.79 Å². The number of hydrogen-bond donors (Lipinski definition) is 1. The second-order valence-electron chi connectivity index (χ2n) is 5.98. The first-order valence-corrected chi connectivity index (χ1v) is 10.4. The van der Waals surface area contributed by atoms with E-state index in [1.165, 1.54) is 43.0 Å². The predicted octanol–water partition coefficient (Wildman–Crippen LogP) is 2.23. The number of benzene rings is 1. The monoisotopic (exact) mass is 356 g/mol. The largest absolute Gasteiger partial charge is 0.353 e. The van der Waals surface area contributed by atoms with Crippen molar-refractivity contribution in [2.75, 3.05) is 19.8 Å². The lowest BCUT2D eigenvalue weighted by atomic mass is 10.2. The fourth-order valence-corrected chi connectivity index (χ4v) is 4.37. The van der Waals surface area contributed by atoms with Gasteiger partial charge in [0.1, 0.15) is 0 Å². The highest BCUT2D eigenvalue weighted by Crippen LogP contribution is 2.20. The number of thioether (sulfide) groups is 1. The van der Waals surface area contributed by atoms with Crippen LogP contribution in [-0.2, 0) is 20.6 Å². The van der Waals surface area contributed by atoms with Gasteiger partial charge in [-0.1, -0.05) is 25.0 Å². The summed E-state index contributed by atoms with van der Waals surface area (Å²) in [6.07, 6.45) is 4.57. The highest BCUT2D eigenvalue weighted by Gasteiger charge is 2.18. The lowest BCUT2D eigenvalue weighted by Crippen LogP contribution is -2.33. The number of hydrogen-bond acceptors (Lipinski definition) is 4. The van der Waals surface area contributed by atoms with Gasteiger partial charge < -0.3 is 5.32 Å². The van der Waals surface area contributed by atoms with E-state index in [4.69, 9.17) is 0 Å². The Morgan fingerprint density at radius 1 is 1.30 bits per heavy atom. The fraction of sp³-hybridized carbons (Fsp3) is 0.562. The summed E-state index contributed by atoms with van der Waals surface area (Å²) < 4.78 is 25.4. The maximum atomic E-state index is 12.1. The van der Waals surface area contributed by atoms with Gasteiger partial charge in [0.25, 0.3) is 0 Å². The van der Waals surface area contributed by atoms with Gasteiger partial charge in [0.05, 0.1) is 10.6 Å². The van der Waals surface area contributed by atoms with E-state index in [-0.39, 0.29) is 10.8 Å². The molecule has 5 nitrogen and oxygen atoms in total. The van der Waals surface area contributed by atoms with E-state index in [0.717, 1.165) is 18.4 Å². The lowest BCUT2D eigenvalue weighted by molar-refractivity contribution is -0.119. The first-order valence-electron chi connectivity index (χ1n) is 7.78. The molecule has 1 N–H and O–H groups in total. The summed E-state index contributed by atoms with van der Waals surface area (Å²) in [7, 11) is -0.376. The van der Waals surface area contributed by atoms with Gasteiger partial charge in [-0.25, -0.2) is 12.7 Å². The Labute approximate surface area is 142 Å². The number of nitrogens with zero attached hydrogens (tertiary/aromatic N) is 1. The summed E-state index contributed by atoms with van der Waals surface area (Å²) in [5.41, 5.74) is 0.909. The Balaban J connectivity index is 1.85. The molecule has 0 spiro atoms. The van der Waals surface area contributed by atoms with Gasteiger partial charge in [-0.05, 0) is 30.5 Å². The molecule has 128 valence electrons. The van der Waals surface area contributed by atoms with Crippen molar-refractivity contribution in [1.82, 2.24) is 9.62 Å². The number of sulfonamides is 1. The van der Waals surface area contributed by atoms with Crippen LogP contribution >= 0.6 is 11.8 Å². The van der Waals surface area contributed by atoms with Crippen LogP contribution in [0.1, 0.15) is 31.2 Å². The van der Waals surface area contributed by atoms with Crippen molar-refractivity contribution < 1.29 is 13.2 Å². The zero-order valence-electron chi connectivity index (χ0n) is 13.6. The first kappa shape index (κ1) is 18.3. The number of carbonyl (C=O) groups excluding carboxylic acids is 1. The van der Waals surface area contributed by atoms with E-state index in [0.29, 0.717) is 17.5 Å². The Morgan fingerprint density at radius 2 is 2.00 bits per heavy atom. The second-order valence-corrected chi connectivity index (χ2v) is 9.11. The summed E-state index contributed by atoms with van der Waals surface area (Å²) in [6.45, 7) is 0. The van der Waals surface area contributed by atoms with E-state index in [2.05, 4.69) is 5.32 Å². The third-order valence-electron chi connectivity index (χ3n) is 3.90. The quantitative estimate of drug-likeness (QED) is 0.813. The zero-order valence-corrected chi connectivity index (χ0v) is 15.3. The molecule has 0 saturated heterocycles. The van der Waals surface area contributed by atoms with Crippen LogP contribution in [0.5, 0.6) is 0 Å². The van der Waals surface area contributed by atoms with E-state index in [1.807, 2.05) is 6.07 Å². The van der Waals surface area contributed by atoms with Gasteiger partial charge in [0.15, 0.2) is 0 Å². The van der Waals surface area contributed by atoms with Crippen molar-refractivity contribution in [3.63, 3.8) is 0 Å². The molecule has 1 aromatic rings. The van der Waals surface area contributed by atoms with Crippen molar-refractivity contribution in [2.45, 2.75) is 42.4 Å². The van der Waals surface area contributed by atoms with Crippen LogP contribution in [0, 0.1) is 0 Å². The summed E-state index contributed by atoms with van der Waals surface area (Å²) in [5.74, 6) is 1.09. The predicted molar refractivity (Wildman–Crippen MR) is 93.9 cm³/mol. The second kappa shape index (κ2) is 8.17. The van der Waals surface area contributed by atoms with Crippen LogP contribution in [0.4, 0.5) is 0 Å². The summed E-state index contributed by atoms with van der Waals surface area (Å²) >= 11 is 1.51. The molecule has 23 heavy (non-hydrogen) atoms. The minimum absolute atomic E-state index is 0.0685. The van der Waals surface area contributed by atoms with Crippen LogP contribution in [-0.4, -0.2) is 44.5 Å². The Bertz CT molecular complexity index is 638. The molecule has 0 bridgehead atoms. The molecule has 7 heteroatoms. The third kappa shape index (κ3) is 5.22. The summed E-state index contributed by atoms with van der Waals surface area (Å²) in [6, 6.07) is 7.24. The average molecular weight is 357 g/mol. The standard InChI is InChI=1S/C16H24N2O3S2/c1-18(2)23(20,21)15-9-5-6-13(10-15)11-22-12-16(19)17-14-7-3-4-8-14/h5-6,9-10,14H,3-4,7-8,11-12H2,1-2H3,(H,17,19). The fourth-order valence-electron chi connectivity index (χ4n) is 2.61. The van der Waals surface area contributed by atoms with E-state index in [1.54, 1.807) is 18.2 Å². The van der Waals surface area contributed by atoms with Crippen molar-refractivity contribution in [3.05, 3.63) is 29.8 Å². The van der Waals surface area contributed by atoms with Gasteiger partial charge in [0, 0.05) is 25.9 Å². The highest BCUT2D eigenvalue weighted by atomic mass is 32.2. The molecular weight excluding hydrogens is 332 g/mol. The van der Waals surface area contributed by atoms with Gasteiger partial charge >= 0.3 is 0 Å². The molecule has 0 heterocycles. The molecule has 0 atom stereocenters. The summed E-state index contributed by atoms with van der Waals surface area (Å²) in [5, 5.41) is 3.05. The molecule has 0 radical (unpaired) electrons. The van der Waals surface area contributed by atoms with Crippen LogP contribution in [0.25, 0.3) is 0 Å². The number of carbonyl (C=O) groups is 1. The minimum Gasteiger partial charge on any atom is -0.353 e. The molecule has 2 rings (SSSR count). The smallest absolute Gasteiger partial charge is 0.242 e. The lowest BCUT2D eigenvalue weighted by Gasteiger charge is -2.13. The van der Waals surface area contributed by atoms with Gasteiger partial charge in [-0.15, -0.1) is 11.8 Å². The maximum Gasteiger partial charge on any atom is 0.242 e. The van der Waals surface area contributed by atoms with E-state index >= 15 is 0 Å². The molecule has 1 aliphatic rings.